The Morgan fingerprint density at radius 2 is 1.33 bits per heavy atom. The molecule has 42 heavy (non-hydrogen) atoms. The van der Waals surface area contributed by atoms with Gasteiger partial charge in [-0.3, -0.25) is 4.79 Å². The second-order valence-corrected chi connectivity index (χ2v) is 11.6. The van der Waals surface area contributed by atoms with Crippen LogP contribution in [0.2, 0.25) is 0 Å². The molecule has 1 atom stereocenters. The average Bonchev–Trinajstić information content (AvgIpc) is 3.73. The van der Waals surface area contributed by atoms with E-state index < -0.39 is 18.3 Å². The quantitative estimate of drug-likeness (QED) is 0.147. The number of benzene rings is 2. The molecule has 10 heteroatoms. The first-order chi connectivity index (χ1) is 20.6. The van der Waals surface area contributed by atoms with Crippen molar-refractivity contribution in [2.75, 3.05) is 6.54 Å². The molecule has 2 aromatic heterocycles. The Kier molecular flexibility index (Phi) is 12.4. The highest BCUT2D eigenvalue weighted by Gasteiger charge is 2.28. The highest BCUT2D eigenvalue weighted by Crippen LogP contribution is 2.20. The number of thiophene rings is 2. The van der Waals surface area contributed by atoms with E-state index in [1.54, 1.807) is 27.6 Å². The lowest BCUT2D eigenvalue weighted by molar-refractivity contribution is -0.142. The summed E-state index contributed by atoms with van der Waals surface area (Å²) in [7, 11) is 0. The first-order valence-electron chi connectivity index (χ1n) is 13.8. The summed E-state index contributed by atoms with van der Waals surface area (Å²) in [5, 5.41) is 9.46. The molecule has 0 aliphatic heterocycles. The fourth-order valence-corrected chi connectivity index (χ4v) is 5.63. The topological polar surface area (TPSA) is 97.0 Å². The Labute approximate surface area is 254 Å². The second kappa shape index (κ2) is 17.0. The number of nitrogens with one attached hydrogen (secondary N) is 2. The largest absolute Gasteiger partial charge is 0.445 e. The van der Waals surface area contributed by atoms with Crippen molar-refractivity contribution in [3.05, 3.63) is 117 Å². The summed E-state index contributed by atoms with van der Waals surface area (Å²) in [6, 6.07) is 26.9. The molecule has 4 rings (SSSR count). The summed E-state index contributed by atoms with van der Waals surface area (Å²) in [4.78, 5) is 42.5. The average molecular weight is 606 g/mol. The van der Waals surface area contributed by atoms with Gasteiger partial charge >= 0.3 is 12.2 Å². The highest BCUT2D eigenvalue weighted by molar-refractivity contribution is 7.10. The number of nitrogens with zero attached hydrogens (tertiary/aromatic N) is 1. The number of unbranched alkanes of at least 4 members (excludes halogenated alkanes) is 1. The zero-order valence-corrected chi connectivity index (χ0v) is 24.9. The van der Waals surface area contributed by atoms with Gasteiger partial charge in [-0.05, 0) is 53.3 Å². The number of alkyl carbamates (subject to hydrolysis) is 2. The number of carbonyl (C=O) groups excluding carboxylic acids is 3. The van der Waals surface area contributed by atoms with E-state index in [0.717, 1.165) is 20.9 Å². The minimum atomic E-state index is -0.967. The van der Waals surface area contributed by atoms with E-state index in [1.165, 1.54) is 0 Å². The van der Waals surface area contributed by atoms with Crippen LogP contribution in [0.5, 0.6) is 0 Å². The fraction of sp³-hybridized carbons (Fsp3) is 0.281. The molecule has 0 unspecified atom stereocenters. The molecule has 2 heterocycles. The van der Waals surface area contributed by atoms with Crippen LogP contribution in [0, 0.1) is 0 Å². The minimum absolute atomic E-state index is 0.194. The summed E-state index contributed by atoms with van der Waals surface area (Å²) < 4.78 is 11.0. The number of hydrogen-bond donors (Lipinski definition) is 2. The molecule has 0 saturated carbocycles. The molecule has 220 valence electrons. The van der Waals surface area contributed by atoms with Crippen LogP contribution >= 0.6 is 22.7 Å². The van der Waals surface area contributed by atoms with Crippen molar-refractivity contribution in [1.82, 2.24) is 15.5 Å². The lowest BCUT2D eigenvalue weighted by Gasteiger charge is -2.27. The van der Waals surface area contributed by atoms with Gasteiger partial charge in [0.15, 0.2) is 6.10 Å². The zero-order valence-electron chi connectivity index (χ0n) is 23.3. The second-order valence-electron chi connectivity index (χ2n) is 9.57. The van der Waals surface area contributed by atoms with Crippen LogP contribution < -0.4 is 10.6 Å². The van der Waals surface area contributed by atoms with Gasteiger partial charge in [-0.25, -0.2) is 9.59 Å². The SMILES string of the molecule is O=C(NCCCC[C@H](OC(=O)NCc1ccccc1)C(=O)N(Cc1cccs1)Cc1cccs1)OCc1ccccc1. The molecule has 0 aliphatic carbocycles. The van der Waals surface area contributed by atoms with Crippen LogP contribution in [0.1, 0.15) is 40.1 Å². The van der Waals surface area contributed by atoms with Crippen molar-refractivity contribution >= 4 is 40.8 Å². The van der Waals surface area contributed by atoms with Gasteiger partial charge in [-0.15, -0.1) is 22.7 Å². The van der Waals surface area contributed by atoms with Crippen LogP contribution in [0.4, 0.5) is 9.59 Å². The van der Waals surface area contributed by atoms with Gasteiger partial charge in [-0.2, -0.15) is 0 Å². The van der Waals surface area contributed by atoms with E-state index >= 15 is 0 Å². The standard InChI is InChI=1S/C32H35N3O5S2/c36-30(35(22-27-15-9-19-41-27)23-28-16-10-20-42-28)29(40-32(38)34-21-25-11-3-1-4-12-25)17-7-8-18-33-31(37)39-24-26-13-5-2-6-14-26/h1-6,9-16,19-20,29H,7-8,17-18,21-24H2,(H,33,37)(H,34,38)/t29-/m0/s1. The minimum Gasteiger partial charge on any atom is -0.445 e. The molecule has 8 nitrogen and oxygen atoms in total. The predicted octanol–water partition coefficient (Wildman–Crippen LogP) is 6.73. The summed E-state index contributed by atoms with van der Waals surface area (Å²) >= 11 is 3.16. The van der Waals surface area contributed by atoms with Crippen molar-refractivity contribution < 1.29 is 23.9 Å². The van der Waals surface area contributed by atoms with Crippen LogP contribution in [0.15, 0.2) is 95.7 Å². The monoisotopic (exact) mass is 605 g/mol. The van der Waals surface area contributed by atoms with E-state index in [4.69, 9.17) is 9.47 Å². The first kappa shape index (κ1) is 30.8. The molecule has 0 fully saturated rings. The van der Waals surface area contributed by atoms with Crippen molar-refractivity contribution in [2.45, 2.75) is 51.6 Å². The number of ether oxygens (including phenoxy) is 2. The number of amides is 3. The summed E-state index contributed by atoms with van der Waals surface area (Å²) in [5.74, 6) is -0.248. The van der Waals surface area contributed by atoms with E-state index in [9.17, 15) is 14.4 Å². The van der Waals surface area contributed by atoms with Gasteiger partial charge < -0.3 is 25.0 Å². The van der Waals surface area contributed by atoms with Crippen molar-refractivity contribution in [1.29, 1.82) is 0 Å². The van der Waals surface area contributed by atoms with Gasteiger partial charge in [0, 0.05) is 22.8 Å². The van der Waals surface area contributed by atoms with Gasteiger partial charge in [0.25, 0.3) is 5.91 Å². The van der Waals surface area contributed by atoms with Crippen LogP contribution in [0.3, 0.4) is 0 Å². The number of hydrogen-bond acceptors (Lipinski definition) is 7. The van der Waals surface area contributed by atoms with Crippen LogP contribution in [-0.2, 0) is 40.5 Å². The number of carbonyl (C=O) groups is 3. The van der Waals surface area contributed by atoms with E-state index in [0.29, 0.717) is 45.4 Å². The van der Waals surface area contributed by atoms with Gasteiger partial charge in [0.05, 0.1) is 13.1 Å². The van der Waals surface area contributed by atoms with Crippen LogP contribution in [0.25, 0.3) is 0 Å². The fourth-order valence-electron chi connectivity index (χ4n) is 4.19. The molecule has 0 aliphatic rings. The van der Waals surface area contributed by atoms with Gasteiger partial charge in [-0.1, -0.05) is 72.8 Å². The maximum Gasteiger partial charge on any atom is 0.408 e. The zero-order chi connectivity index (χ0) is 29.4. The molecule has 2 aromatic carbocycles. The van der Waals surface area contributed by atoms with Gasteiger partial charge in [0.1, 0.15) is 6.61 Å². The third-order valence-electron chi connectivity index (χ3n) is 6.34. The Morgan fingerprint density at radius 3 is 1.93 bits per heavy atom. The lowest BCUT2D eigenvalue weighted by Crippen LogP contribution is -2.42. The summed E-state index contributed by atoms with van der Waals surface area (Å²) in [6.07, 6.45) is -0.634. The smallest absolute Gasteiger partial charge is 0.408 e. The lowest BCUT2D eigenvalue weighted by atomic mass is 10.1. The number of rotatable bonds is 15. The van der Waals surface area contributed by atoms with Crippen molar-refractivity contribution in [3.8, 4) is 0 Å². The molecule has 2 N–H and O–H groups in total. The first-order valence-corrected chi connectivity index (χ1v) is 15.6. The molecule has 0 radical (unpaired) electrons. The maximum absolute atomic E-state index is 13.8. The third-order valence-corrected chi connectivity index (χ3v) is 8.07. The molecular weight excluding hydrogens is 571 g/mol. The summed E-state index contributed by atoms with van der Waals surface area (Å²) in [6.45, 7) is 1.72. The molecule has 0 bridgehead atoms. The van der Waals surface area contributed by atoms with E-state index in [-0.39, 0.29) is 12.5 Å². The highest BCUT2D eigenvalue weighted by atomic mass is 32.1. The molecule has 3 amide bonds. The van der Waals surface area contributed by atoms with Crippen molar-refractivity contribution in [3.63, 3.8) is 0 Å². The Morgan fingerprint density at radius 1 is 0.714 bits per heavy atom. The normalized spacial score (nSPS) is 11.3. The van der Waals surface area contributed by atoms with Crippen LogP contribution in [-0.4, -0.2) is 35.6 Å². The van der Waals surface area contributed by atoms with Gasteiger partial charge in [0.2, 0.25) is 0 Å². The Hall–Kier alpha value is -4.15. The molecule has 0 saturated heterocycles. The Bertz CT molecular complexity index is 1310. The Balaban J connectivity index is 1.33. The molecular formula is C32H35N3O5S2. The predicted molar refractivity (Wildman–Crippen MR) is 165 cm³/mol. The molecule has 4 aromatic rings. The maximum atomic E-state index is 13.8. The summed E-state index contributed by atoms with van der Waals surface area (Å²) in [5.41, 5.74) is 1.84. The third kappa shape index (κ3) is 10.7. The van der Waals surface area contributed by atoms with E-state index in [1.807, 2.05) is 95.7 Å². The molecule has 0 spiro atoms. The van der Waals surface area contributed by atoms with E-state index in [2.05, 4.69) is 10.6 Å². The van der Waals surface area contributed by atoms with Crippen molar-refractivity contribution in [2.24, 2.45) is 0 Å².